The Kier molecular flexibility index (Phi) is 5.03. The number of halogens is 1. The number of likely N-dealkylation sites (N-methyl/N-ethyl adjacent to an activating group) is 1. The minimum absolute atomic E-state index is 0.0238. The van der Waals surface area contributed by atoms with Gasteiger partial charge in [0.15, 0.2) is 0 Å². The van der Waals surface area contributed by atoms with E-state index in [0.29, 0.717) is 0 Å². The fourth-order valence-corrected chi connectivity index (χ4v) is 3.41. The molecule has 0 radical (unpaired) electrons. The Balaban J connectivity index is 1.86. The van der Waals surface area contributed by atoms with Crippen LogP contribution in [0.25, 0.3) is 0 Å². The number of nitrogens with one attached hydrogen (secondary N) is 1. The summed E-state index contributed by atoms with van der Waals surface area (Å²) in [5.74, 6) is 0.255. The first-order valence-corrected chi connectivity index (χ1v) is 7.66. The molecule has 3 nitrogen and oxygen atoms in total. The summed E-state index contributed by atoms with van der Waals surface area (Å²) in [6, 6.07) is 3.99. The second-order valence-corrected chi connectivity index (χ2v) is 6.33. The zero-order valence-electron chi connectivity index (χ0n) is 10.6. The molecule has 0 spiro atoms. The fraction of sp³-hybridized carbons (Fsp3) is 0.615. The molecule has 0 aromatic carbocycles. The molecule has 0 bridgehead atoms. The van der Waals surface area contributed by atoms with Crippen LogP contribution < -0.4 is 5.32 Å². The van der Waals surface area contributed by atoms with Crippen LogP contribution in [0.4, 0.5) is 0 Å². The molecule has 1 unspecified atom stereocenters. The third kappa shape index (κ3) is 3.46. The van der Waals surface area contributed by atoms with Crippen molar-refractivity contribution in [3.8, 4) is 0 Å². The Bertz CT molecular complexity index is 405. The predicted octanol–water partition coefficient (Wildman–Crippen LogP) is 2.54. The Hall–Kier alpha value is -0.580. The van der Waals surface area contributed by atoms with E-state index in [1.807, 2.05) is 24.0 Å². The number of carbonyl (C=O) groups is 1. The molecule has 1 N–H and O–H groups in total. The average molecular weight is 287 g/mol. The number of nitrogens with zero attached hydrogens (tertiary/aromatic N) is 1. The van der Waals surface area contributed by atoms with Crippen molar-refractivity contribution >= 4 is 28.8 Å². The predicted molar refractivity (Wildman–Crippen MR) is 76.3 cm³/mol. The van der Waals surface area contributed by atoms with Crippen molar-refractivity contribution in [2.24, 2.45) is 0 Å². The lowest BCUT2D eigenvalue weighted by atomic mass is 10.0. The van der Waals surface area contributed by atoms with Crippen molar-refractivity contribution < 1.29 is 4.79 Å². The summed E-state index contributed by atoms with van der Waals surface area (Å²) in [5.41, 5.74) is 0. The Labute approximate surface area is 117 Å². The van der Waals surface area contributed by atoms with E-state index in [9.17, 15) is 4.79 Å². The summed E-state index contributed by atoms with van der Waals surface area (Å²) in [6.07, 6.45) is 2.96. The second-order valence-electron chi connectivity index (χ2n) is 4.53. The van der Waals surface area contributed by atoms with Gasteiger partial charge >= 0.3 is 0 Å². The normalized spacial score (nSPS) is 20.4. The van der Waals surface area contributed by atoms with Gasteiger partial charge in [-0.1, -0.05) is 18.5 Å². The topological polar surface area (TPSA) is 32.3 Å². The van der Waals surface area contributed by atoms with Crippen molar-refractivity contribution in [1.82, 2.24) is 10.2 Å². The zero-order valence-corrected chi connectivity index (χ0v) is 12.2. The summed E-state index contributed by atoms with van der Waals surface area (Å²) in [6.45, 7) is 4.59. The second kappa shape index (κ2) is 6.55. The van der Waals surface area contributed by atoms with Crippen LogP contribution in [0.15, 0.2) is 12.1 Å². The molecule has 1 atom stereocenters. The first-order valence-electron chi connectivity index (χ1n) is 6.47. The van der Waals surface area contributed by atoms with Gasteiger partial charge < -0.3 is 10.2 Å². The number of likely N-dealkylation sites (tertiary alicyclic amines) is 1. The molecular weight excluding hydrogens is 268 g/mol. The molecule has 5 heteroatoms. The first kappa shape index (κ1) is 13.8. The summed E-state index contributed by atoms with van der Waals surface area (Å²) in [5, 5.41) is 3.26. The van der Waals surface area contributed by atoms with Gasteiger partial charge in [0.25, 0.3) is 0 Å². The SMILES string of the molecule is CCNC1CCCN(CCc2ccc(Cl)s2)C1=O. The van der Waals surface area contributed by atoms with E-state index >= 15 is 0 Å². The maximum atomic E-state index is 12.2. The standard InChI is InChI=1S/C13H19ClN2OS/c1-2-15-11-4-3-8-16(13(11)17)9-7-10-5-6-12(14)18-10/h5-6,11,15H,2-4,7-9H2,1H3. The van der Waals surface area contributed by atoms with Crippen LogP contribution in [0.1, 0.15) is 24.6 Å². The van der Waals surface area contributed by atoms with Gasteiger partial charge in [-0.05, 0) is 37.9 Å². The molecule has 1 aromatic rings. The largest absolute Gasteiger partial charge is 0.341 e. The van der Waals surface area contributed by atoms with Gasteiger partial charge in [0, 0.05) is 18.0 Å². The molecule has 2 heterocycles. The lowest BCUT2D eigenvalue weighted by molar-refractivity contribution is -0.135. The maximum absolute atomic E-state index is 12.2. The molecule has 0 aliphatic carbocycles. The Morgan fingerprint density at radius 2 is 2.39 bits per heavy atom. The number of rotatable bonds is 5. The van der Waals surface area contributed by atoms with E-state index in [4.69, 9.17) is 11.6 Å². The molecule has 1 amide bonds. The number of hydrogen-bond donors (Lipinski definition) is 1. The van der Waals surface area contributed by atoms with Crippen LogP contribution >= 0.6 is 22.9 Å². The third-order valence-corrected chi connectivity index (χ3v) is 4.53. The number of amides is 1. The molecule has 1 aliphatic heterocycles. The molecule has 0 saturated carbocycles. The lowest BCUT2D eigenvalue weighted by Gasteiger charge is -2.32. The monoisotopic (exact) mass is 286 g/mol. The van der Waals surface area contributed by atoms with Gasteiger partial charge in [0.2, 0.25) is 5.91 Å². The van der Waals surface area contributed by atoms with E-state index in [0.717, 1.165) is 43.2 Å². The quantitative estimate of drug-likeness (QED) is 0.902. The molecule has 2 rings (SSSR count). The van der Waals surface area contributed by atoms with Crippen molar-refractivity contribution in [3.63, 3.8) is 0 Å². The number of carbonyl (C=O) groups excluding carboxylic acids is 1. The highest BCUT2D eigenvalue weighted by Gasteiger charge is 2.27. The smallest absolute Gasteiger partial charge is 0.239 e. The van der Waals surface area contributed by atoms with Crippen molar-refractivity contribution in [2.75, 3.05) is 19.6 Å². The number of piperidine rings is 1. The van der Waals surface area contributed by atoms with E-state index in [2.05, 4.69) is 5.32 Å². The van der Waals surface area contributed by atoms with Crippen molar-refractivity contribution in [1.29, 1.82) is 0 Å². The summed E-state index contributed by atoms with van der Waals surface area (Å²) < 4.78 is 0.820. The molecule has 100 valence electrons. The van der Waals surface area contributed by atoms with Gasteiger partial charge in [-0.15, -0.1) is 11.3 Å². The average Bonchev–Trinajstić information content (AvgIpc) is 2.77. The van der Waals surface area contributed by atoms with E-state index in [1.54, 1.807) is 11.3 Å². The minimum Gasteiger partial charge on any atom is -0.341 e. The van der Waals surface area contributed by atoms with Crippen LogP contribution in [0.5, 0.6) is 0 Å². The van der Waals surface area contributed by atoms with E-state index in [-0.39, 0.29) is 11.9 Å². The highest BCUT2D eigenvalue weighted by Crippen LogP contribution is 2.22. The van der Waals surface area contributed by atoms with Gasteiger partial charge in [-0.25, -0.2) is 0 Å². The minimum atomic E-state index is 0.0238. The van der Waals surface area contributed by atoms with Crippen LogP contribution in [-0.2, 0) is 11.2 Å². The van der Waals surface area contributed by atoms with Crippen molar-refractivity contribution in [2.45, 2.75) is 32.2 Å². The molecule has 1 saturated heterocycles. The Morgan fingerprint density at radius 3 is 3.06 bits per heavy atom. The zero-order chi connectivity index (χ0) is 13.0. The number of hydrogen-bond acceptors (Lipinski definition) is 3. The highest BCUT2D eigenvalue weighted by atomic mass is 35.5. The van der Waals surface area contributed by atoms with Crippen LogP contribution in [0.2, 0.25) is 4.34 Å². The molecular formula is C13H19ClN2OS. The van der Waals surface area contributed by atoms with Gasteiger partial charge in [0.05, 0.1) is 10.4 Å². The lowest BCUT2D eigenvalue weighted by Crippen LogP contribution is -2.51. The van der Waals surface area contributed by atoms with Crippen LogP contribution in [0, 0.1) is 0 Å². The van der Waals surface area contributed by atoms with E-state index < -0.39 is 0 Å². The molecule has 1 aliphatic rings. The molecule has 18 heavy (non-hydrogen) atoms. The third-order valence-electron chi connectivity index (χ3n) is 3.24. The number of thiophene rings is 1. The highest BCUT2D eigenvalue weighted by molar-refractivity contribution is 7.16. The summed E-state index contributed by atoms with van der Waals surface area (Å²) in [7, 11) is 0. The molecule has 1 fully saturated rings. The van der Waals surface area contributed by atoms with Crippen LogP contribution in [0.3, 0.4) is 0 Å². The van der Waals surface area contributed by atoms with Crippen LogP contribution in [-0.4, -0.2) is 36.5 Å². The fourth-order valence-electron chi connectivity index (χ4n) is 2.33. The van der Waals surface area contributed by atoms with Gasteiger partial charge in [0.1, 0.15) is 0 Å². The van der Waals surface area contributed by atoms with Gasteiger partial charge in [-0.2, -0.15) is 0 Å². The maximum Gasteiger partial charge on any atom is 0.239 e. The summed E-state index contributed by atoms with van der Waals surface area (Å²) >= 11 is 7.50. The van der Waals surface area contributed by atoms with Gasteiger partial charge in [-0.3, -0.25) is 4.79 Å². The first-order chi connectivity index (χ1) is 8.70. The summed E-state index contributed by atoms with van der Waals surface area (Å²) in [4.78, 5) is 15.4. The van der Waals surface area contributed by atoms with E-state index in [1.165, 1.54) is 4.88 Å². The molecule has 1 aromatic heterocycles. The van der Waals surface area contributed by atoms with Crippen molar-refractivity contribution in [3.05, 3.63) is 21.3 Å². The Morgan fingerprint density at radius 1 is 1.56 bits per heavy atom.